The number of para-hydroxylation sites is 1. The molecule has 32 heavy (non-hydrogen) atoms. The van der Waals surface area contributed by atoms with Gasteiger partial charge in [-0.3, -0.25) is 9.20 Å². The van der Waals surface area contributed by atoms with Gasteiger partial charge in [-0.1, -0.05) is 97.1 Å². The van der Waals surface area contributed by atoms with Crippen LogP contribution in [0.15, 0.2) is 119 Å². The summed E-state index contributed by atoms with van der Waals surface area (Å²) >= 11 is 0. The van der Waals surface area contributed by atoms with E-state index in [2.05, 4.69) is 84.9 Å². The number of nitrogens with zero attached hydrogens (tertiary/aromatic N) is 1. The summed E-state index contributed by atoms with van der Waals surface area (Å²) in [6.07, 6.45) is 0.614. The first-order chi connectivity index (χ1) is 15.8. The average molecular weight is 432 g/mol. The van der Waals surface area contributed by atoms with E-state index >= 15 is 0 Å². The SMILES string of the molecule is O=S1c2ccccc2N=C(c2cccc3ccccc23)C[C@@H]1c1cccc2ccccc12. The van der Waals surface area contributed by atoms with Gasteiger partial charge in [0.2, 0.25) is 0 Å². The minimum absolute atomic E-state index is 0.178. The van der Waals surface area contributed by atoms with Gasteiger partial charge in [-0.05, 0) is 39.2 Å². The lowest BCUT2D eigenvalue weighted by Gasteiger charge is -2.19. The lowest BCUT2D eigenvalue weighted by atomic mass is 9.94. The van der Waals surface area contributed by atoms with Crippen LogP contribution in [0.3, 0.4) is 0 Å². The largest absolute Gasteiger partial charge is 0.254 e. The molecular formula is C29H21NOS. The fourth-order valence-corrected chi connectivity index (χ4v) is 6.30. The Kier molecular flexibility index (Phi) is 4.70. The standard InChI is InChI=1S/C29H21NOS/c31-32-28-18-6-5-17-26(28)30-27(24-15-7-11-20-9-1-3-13-22(20)24)19-29(32)25-16-8-12-21-10-2-4-14-23(21)25/h1-18,29H,19H2/t29-,32?/m1/s1. The molecule has 5 aromatic rings. The predicted molar refractivity (Wildman–Crippen MR) is 134 cm³/mol. The maximum absolute atomic E-state index is 14.0. The molecule has 3 heteroatoms. The number of rotatable bonds is 2. The minimum atomic E-state index is -1.22. The first kappa shape index (κ1) is 19.1. The Morgan fingerprint density at radius 3 is 2.12 bits per heavy atom. The minimum Gasteiger partial charge on any atom is -0.254 e. The highest BCUT2D eigenvalue weighted by Crippen LogP contribution is 2.40. The van der Waals surface area contributed by atoms with Gasteiger partial charge in [0.25, 0.3) is 0 Å². The molecule has 154 valence electrons. The van der Waals surface area contributed by atoms with Crippen molar-refractivity contribution in [2.24, 2.45) is 4.99 Å². The zero-order valence-electron chi connectivity index (χ0n) is 17.4. The number of aliphatic imine (C=N–C) groups is 1. The van der Waals surface area contributed by atoms with Crippen molar-refractivity contribution >= 4 is 43.7 Å². The summed E-state index contributed by atoms with van der Waals surface area (Å²) in [5.74, 6) is 0. The third-order valence-corrected chi connectivity index (χ3v) is 7.96. The van der Waals surface area contributed by atoms with Gasteiger partial charge in [0.1, 0.15) is 0 Å². The van der Waals surface area contributed by atoms with Crippen LogP contribution in [0, 0.1) is 0 Å². The summed E-state index contributed by atoms with van der Waals surface area (Å²) in [5, 5.41) is 4.51. The highest BCUT2D eigenvalue weighted by molar-refractivity contribution is 7.85. The molecule has 5 aromatic carbocycles. The Labute approximate surface area is 189 Å². The van der Waals surface area contributed by atoms with Crippen molar-refractivity contribution in [3.05, 3.63) is 120 Å². The fraction of sp³-hybridized carbons (Fsp3) is 0.0690. The van der Waals surface area contributed by atoms with Gasteiger partial charge >= 0.3 is 0 Å². The third kappa shape index (κ3) is 3.17. The van der Waals surface area contributed by atoms with E-state index in [0.717, 1.165) is 32.8 Å². The zero-order valence-corrected chi connectivity index (χ0v) is 18.3. The van der Waals surface area contributed by atoms with Gasteiger partial charge in [-0.15, -0.1) is 0 Å². The van der Waals surface area contributed by atoms with E-state index in [0.29, 0.717) is 6.42 Å². The van der Waals surface area contributed by atoms with Gasteiger partial charge in [-0.25, -0.2) is 0 Å². The third-order valence-electron chi connectivity index (χ3n) is 6.25. The van der Waals surface area contributed by atoms with E-state index in [1.807, 2.05) is 24.3 Å². The van der Waals surface area contributed by atoms with Crippen molar-refractivity contribution in [2.45, 2.75) is 16.6 Å². The van der Waals surface area contributed by atoms with Crippen molar-refractivity contribution in [2.75, 3.05) is 0 Å². The van der Waals surface area contributed by atoms with Crippen LogP contribution in [-0.2, 0) is 10.8 Å². The van der Waals surface area contributed by atoms with E-state index in [-0.39, 0.29) is 5.25 Å². The summed E-state index contributed by atoms with van der Waals surface area (Å²) in [4.78, 5) is 5.90. The van der Waals surface area contributed by atoms with E-state index < -0.39 is 10.8 Å². The van der Waals surface area contributed by atoms with E-state index in [1.54, 1.807) is 0 Å². The quantitative estimate of drug-likeness (QED) is 0.287. The second-order valence-corrected chi connectivity index (χ2v) is 9.72. The van der Waals surface area contributed by atoms with E-state index in [4.69, 9.17) is 4.99 Å². The smallest absolute Gasteiger partial charge is 0.0794 e. The van der Waals surface area contributed by atoms with Gasteiger partial charge in [0.15, 0.2) is 0 Å². The predicted octanol–water partition coefficient (Wildman–Crippen LogP) is 7.37. The van der Waals surface area contributed by atoms with Crippen LogP contribution >= 0.6 is 0 Å². The number of hydrogen-bond donors (Lipinski definition) is 0. The summed E-state index contributed by atoms with van der Waals surface area (Å²) in [5.41, 5.74) is 4.02. The lowest BCUT2D eigenvalue weighted by molar-refractivity contribution is 0.674. The summed E-state index contributed by atoms with van der Waals surface area (Å²) < 4.78 is 14.0. The number of benzene rings is 5. The highest BCUT2D eigenvalue weighted by atomic mass is 32.2. The molecule has 0 N–H and O–H groups in total. The molecule has 2 atom stereocenters. The molecule has 0 bridgehead atoms. The van der Waals surface area contributed by atoms with Crippen LogP contribution in [0.4, 0.5) is 5.69 Å². The van der Waals surface area contributed by atoms with E-state index in [1.165, 1.54) is 16.2 Å². The van der Waals surface area contributed by atoms with E-state index in [9.17, 15) is 4.21 Å². The molecule has 0 aromatic heterocycles. The Morgan fingerprint density at radius 2 is 1.28 bits per heavy atom. The van der Waals surface area contributed by atoms with Crippen LogP contribution in [0.1, 0.15) is 22.8 Å². The van der Waals surface area contributed by atoms with Crippen LogP contribution < -0.4 is 0 Å². The van der Waals surface area contributed by atoms with Crippen molar-refractivity contribution in [3.63, 3.8) is 0 Å². The summed E-state index contributed by atoms with van der Waals surface area (Å²) in [6, 6.07) is 37.3. The van der Waals surface area contributed by atoms with Crippen molar-refractivity contribution in [1.29, 1.82) is 0 Å². The fourth-order valence-electron chi connectivity index (χ4n) is 4.72. The summed E-state index contributed by atoms with van der Waals surface area (Å²) in [7, 11) is -1.22. The number of fused-ring (bicyclic) bond motifs is 3. The Hall–Kier alpha value is -3.56. The maximum Gasteiger partial charge on any atom is 0.0794 e. The molecule has 0 amide bonds. The van der Waals surface area contributed by atoms with Crippen LogP contribution in [0.5, 0.6) is 0 Å². The van der Waals surface area contributed by atoms with Gasteiger partial charge in [-0.2, -0.15) is 0 Å². The zero-order chi connectivity index (χ0) is 21.5. The van der Waals surface area contributed by atoms with Crippen molar-refractivity contribution < 1.29 is 4.21 Å². The molecular weight excluding hydrogens is 410 g/mol. The van der Waals surface area contributed by atoms with Crippen LogP contribution in [0.25, 0.3) is 21.5 Å². The molecule has 1 unspecified atom stereocenters. The Balaban J connectivity index is 1.60. The Morgan fingerprint density at radius 1 is 0.656 bits per heavy atom. The molecule has 0 fully saturated rings. The molecule has 2 nitrogen and oxygen atoms in total. The van der Waals surface area contributed by atoms with Crippen LogP contribution in [0.2, 0.25) is 0 Å². The highest BCUT2D eigenvalue weighted by Gasteiger charge is 2.29. The van der Waals surface area contributed by atoms with Crippen LogP contribution in [-0.4, -0.2) is 9.92 Å². The second-order valence-electron chi connectivity index (χ2n) is 8.11. The molecule has 1 aliphatic rings. The normalized spacial score (nSPS) is 18.2. The molecule has 0 spiro atoms. The van der Waals surface area contributed by atoms with Crippen molar-refractivity contribution in [3.8, 4) is 0 Å². The molecule has 1 heterocycles. The van der Waals surface area contributed by atoms with Gasteiger partial charge < -0.3 is 0 Å². The van der Waals surface area contributed by atoms with Crippen molar-refractivity contribution in [1.82, 2.24) is 0 Å². The molecule has 0 radical (unpaired) electrons. The molecule has 0 saturated carbocycles. The monoisotopic (exact) mass is 431 g/mol. The first-order valence-electron chi connectivity index (χ1n) is 10.8. The second kappa shape index (κ2) is 7.85. The molecule has 1 aliphatic heterocycles. The number of hydrogen-bond acceptors (Lipinski definition) is 2. The van der Waals surface area contributed by atoms with Gasteiger partial charge in [0.05, 0.1) is 32.3 Å². The summed E-state index contributed by atoms with van der Waals surface area (Å²) in [6.45, 7) is 0. The Bertz CT molecular complexity index is 1520. The molecule has 0 saturated heterocycles. The average Bonchev–Trinajstić information content (AvgIpc) is 3.00. The lowest BCUT2D eigenvalue weighted by Crippen LogP contribution is -2.12. The molecule has 6 rings (SSSR count). The maximum atomic E-state index is 14.0. The molecule has 0 aliphatic carbocycles. The van der Waals surface area contributed by atoms with Gasteiger partial charge in [0, 0.05) is 12.0 Å². The topological polar surface area (TPSA) is 29.4 Å². The first-order valence-corrected chi connectivity index (χ1v) is 12.0.